The summed E-state index contributed by atoms with van der Waals surface area (Å²) in [6, 6.07) is 9.86. The predicted molar refractivity (Wildman–Crippen MR) is 83.8 cm³/mol. The van der Waals surface area contributed by atoms with Crippen molar-refractivity contribution in [2.45, 2.75) is 11.8 Å². The molecule has 1 aromatic heterocycles. The van der Waals surface area contributed by atoms with Gasteiger partial charge in [-0.1, -0.05) is 6.07 Å². The zero-order chi connectivity index (χ0) is 15.0. The molecule has 6 nitrogen and oxygen atoms in total. The Kier molecular flexibility index (Phi) is 3.26. The molecule has 0 aliphatic carbocycles. The standard InChI is InChI=1S/C13H12N4O2S2/c1-8-7-9(5-6-10(8)14)17-21(18,19)12-4-2-3-11-13(12)16-20-15-11/h2-7,17H,14H2,1H3. The Balaban J connectivity index is 2.04. The first-order valence-electron chi connectivity index (χ1n) is 6.07. The van der Waals surface area contributed by atoms with Gasteiger partial charge in [-0.15, -0.1) is 0 Å². The van der Waals surface area contributed by atoms with Gasteiger partial charge >= 0.3 is 0 Å². The lowest BCUT2D eigenvalue weighted by Gasteiger charge is -2.10. The number of nitrogens with one attached hydrogen (secondary N) is 1. The second kappa shape index (κ2) is 4.97. The van der Waals surface area contributed by atoms with E-state index in [2.05, 4.69) is 13.5 Å². The third kappa shape index (κ3) is 2.55. The number of hydrogen-bond donors (Lipinski definition) is 2. The van der Waals surface area contributed by atoms with Crippen LogP contribution in [0.5, 0.6) is 0 Å². The molecule has 0 spiro atoms. The Hall–Kier alpha value is -2.19. The molecule has 0 amide bonds. The van der Waals surface area contributed by atoms with Crippen LogP contribution in [-0.2, 0) is 10.0 Å². The minimum absolute atomic E-state index is 0.114. The number of sulfonamides is 1. The zero-order valence-corrected chi connectivity index (χ0v) is 12.7. The lowest BCUT2D eigenvalue weighted by Crippen LogP contribution is -2.13. The van der Waals surface area contributed by atoms with Gasteiger partial charge in [-0.2, -0.15) is 8.75 Å². The van der Waals surface area contributed by atoms with Crippen LogP contribution in [0.3, 0.4) is 0 Å². The molecule has 0 bridgehead atoms. The van der Waals surface area contributed by atoms with E-state index < -0.39 is 10.0 Å². The van der Waals surface area contributed by atoms with E-state index >= 15 is 0 Å². The topological polar surface area (TPSA) is 98.0 Å². The molecule has 3 aromatic rings. The molecular formula is C13H12N4O2S2. The highest BCUT2D eigenvalue weighted by atomic mass is 32.2. The first-order valence-corrected chi connectivity index (χ1v) is 8.29. The molecule has 8 heteroatoms. The molecule has 3 rings (SSSR count). The monoisotopic (exact) mass is 320 g/mol. The van der Waals surface area contributed by atoms with Gasteiger partial charge in [0.15, 0.2) is 0 Å². The predicted octanol–water partition coefficient (Wildman–Crippen LogP) is 2.38. The molecule has 0 aliphatic heterocycles. The van der Waals surface area contributed by atoms with Crippen LogP contribution in [0.25, 0.3) is 11.0 Å². The summed E-state index contributed by atoms with van der Waals surface area (Å²) in [4.78, 5) is 0.114. The molecule has 0 saturated carbocycles. The first kappa shape index (κ1) is 13.8. The van der Waals surface area contributed by atoms with E-state index in [1.54, 1.807) is 30.3 Å². The van der Waals surface area contributed by atoms with E-state index in [1.165, 1.54) is 6.07 Å². The van der Waals surface area contributed by atoms with Gasteiger partial charge in [-0.05, 0) is 42.8 Å². The van der Waals surface area contributed by atoms with Crippen molar-refractivity contribution in [1.82, 2.24) is 8.75 Å². The normalized spacial score (nSPS) is 11.7. The van der Waals surface area contributed by atoms with Crippen molar-refractivity contribution in [3.63, 3.8) is 0 Å². The minimum atomic E-state index is -3.73. The molecule has 21 heavy (non-hydrogen) atoms. The number of aromatic nitrogens is 2. The van der Waals surface area contributed by atoms with Crippen LogP contribution in [0.1, 0.15) is 5.56 Å². The Labute approximate surface area is 126 Å². The number of nitrogen functional groups attached to an aromatic ring is 1. The summed E-state index contributed by atoms with van der Waals surface area (Å²) in [5.41, 5.74) is 8.56. The van der Waals surface area contributed by atoms with Gasteiger partial charge in [0.05, 0.1) is 11.7 Å². The maximum Gasteiger partial charge on any atom is 0.264 e. The number of aryl methyl sites for hydroxylation is 1. The number of nitrogens with two attached hydrogens (primary N) is 1. The van der Waals surface area contributed by atoms with Crippen molar-refractivity contribution < 1.29 is 8.42 Å². The second-order valence-electron chi connectivity index (χ2n) is 4.56. The average molecular weight is 320 g/mol. The molecule has 0 fully saturated rings. The van der Waals surface area contributed by atoms with Crippen LogP contribution < -0.4 is 10.5 Å². The molecule has 3 N–H and O–H groups in total. The van der Waals surface area contributed by atoms with Crippen LogP contribution >= 0.6 is 11.7 Å². The molecule has 2 aromatic carbocycles. The Morgan fingerprint density at radius 3 is 2.76 bits per heavy atom. The molecule has 0 atom stereocenters. The molecule has 0 unspecified atom stereocenters. The number of benzene rings is 2. The minimum Gasteiger partial charge on any atom is -0.399 e. The number of hydrogen-bond acceptors (Lipinski definition) is 6. The van der Waals surface area contributed by atoms with E-state index in [1.807, 2.05) is 6.92 Å². The van der Waals surface area contributed by atoms with Gasteiger partial charge in [-0.25, -0.2) is 8.42 Å². The van der Waals surface area contributed by atoms with E-state index in [4.69, 9.17) is 5.73 Å². The van der Waals surface area contributed by atoms with Crippen LogP contribution in [0.4, 0.5) is 11.4 Å². The SMILES string of the molecule is Cc1cc(NS(=O)(=O)c2cccc3nsnc23)ccc1N. The molecule has 108 valence electrons. The fourth-order valence-corrected chi connectivity index (χ4v) is 3.76. The summed E-state index contributed by atoms with van der Waals surface area (Å²) in [6.45, 7) is 1.82. The fourth-order valence-electron chi connectivity index (χ4n) is 1.95. The summed E-state index contributed by atoms with van der Waals surface area (Å²) in [5.74, 6) is 0. The maximum absolute atomic E-state index is 12.5. The van der Waals surface area contributed by atoms with E-state index in [9.17, 15) is 8.42 Å². The van der Waals surface area contributed by atoms with Gasteiger partial charge in [0.25, 0.3) is 10.0 Å². The molecule has 0 aliphatic rings. The summed E-state index contributed by atoms with van der Waals surface area (Å²) in [6.07, 6.45) is 0. The Bertz CT molecular complexity index is 919. The number of anilines is 2. The Morgan fingerprint density at radius 1 is 1.19 bits per heavy atom. The van der Waals surface area contributed by atoms with Gasteiger partial charge in [0.1, 0.15) is 15.9 Å². The molecule has 1 heterocycles. The lowest BCUT2D eigenvalue weighted by molar-refractivity contribution is 0.602. The highest BCUT2D eigenvalue weighted by Crippen LogP contribution is 2.24. The third-order valence-corrected chi connectivity index (χ3v) is 5.02. The van der Waals surface area contributed by atoms with Gasteiger partial charge in [-0.3, -0.25) is 4.72 Å². The van der Waals surface area contributed by atoms with Gasteiger partial charge < -0.3 is 5.73 Å². The molecule has 0 saturated heterocycles. The van der Waals surface area contributed by atoms with Crippen LogP contribution in [0.2, 0.25) is 0 Å². The van der Waals surface area contributed by atoms with Crippen molar-refractivity contribution in [2.75, 3.05) is 10.5 Å². The smallest absolute Gasteiger partial charge is 0.264 e. The summed E-state index contributed by atoms with van der Waals surface area (Å²) in [7, 11) is -3.73. The average Bonchev–Trinajstić information content (AvgIpc) is 2.90. The van der Waals surface area contributed by atoms with Crippen molar-refractivity contribution in [1.29, 1.82) is 0 Å². The Morgan fingerprint density at radius 2 is 2.00 bits per heavy atom. The second-order valence-corrected chi connectivity index (χ2v) is 6.74. The summed E-state index contributed by atoms with van der Waals surface area (Å²) < 4.78 is 35.6. The number of nitrogens with zero attached hydrogens (tertiary/aromatic N) is 2. The van der Waals surface area contributed by atoms with Crippen LogP contribution in [0, 0.1) is 6.92 Å². The van der Waals surface area contributed by atoms with E-state index in [-0.39, 0.29) is 4.90 Å². The summed E-state index contributed by atoms with van der Waals surface area (Å²) >= 11 is 0.985. The maximum atomic E-state index is 12.5. The van der Waals surface area contributed by atoms with Crippen molar-refractivity contribution in [2.24, 2.45) is 0 Å². The lowest BCUT2D eigenvalue weighted by atomic mass is 10.2. The van der Waals surface area contributed by atoms with Crippen molar-refractivity contribution in [3.05, 3.63) is 42.0 Å². The van der Waals surface area contributed by atoms with Crippen molar-refractivity contribution >= 4 is 44.2 Å². The quantitative estimate of drug-likeness (QED) is 0.722. The molecule has 0 radical (unpaired) electrons. The van der Waals surface area contributed by atoms with Crippen LogP contribution in [0.15, 0.2) is 41.3 Å². The number of fused-ring (bicyclic) bond motifs is 1. The largest absolute Gasteiger partial charge is 0.399 e. The third-order valence-electron chi connectivity index (χ3n) is 3.06. The van der Waals surface area contributed by atoms with Gasteiger partial charge in [0.2, 0.25) is 0 Å². The fraction of sp³-hybridized carbons (Fsp3) is 0.0769. The highest BCUT2D eigenvalue weighted by molar-refractivity contribution is 7.93. The zero-order valence-electron chi connectivity index (χ0n) is 11.1. The van der Waals surface area contributed by atoms with Crippen molar-refractivity contribution in [3.8, 4) is 0 Å². The summed E-state index contributed by atoms with van der Waals surface area (Å²) in [5, 5.41) is 0. The molecular weight excluding hydrogens is 308 g/mol. The number of rotatable bonds is 3. The first-order chi connectivity index (χ1) is 9.97. The van der Waals surface area contributed by atoms with Gasteiger partial charge in [0, 0.05) is 11.4 Å². The van der Waals surface area contributed by atoms with Crippen LogP contribution in [-0.4, -0.2) is 17.2 Å². The van der Waals surface area contributed by atoms with E-state index in [0.717, 1.165) is 17.3 Å². The highest BCUT2D eigenvalue weighted by Gasteiger charge is 2.19. The van der Waals surface area contributed by atoms with E-state index in [0.29, 0.717) is 22.4 Å².